The Hall–Kier alpha value is -4.09. The van der Waals surface area contributed by atoms with Gasteiger partial charge in [0.05, 0.1) is 5.56 Å². The van der Waals surface area contributed by atoms with Crippen LogP contribution in [0.25, 0.3) is 0 Å². The van der Waals surface area contributed by atoms with E-state index in [4.69, 9.17) is 14.6 Å². The molecule has 0 saturated carbocycles. The molecule has 0 spiro atoms. The van der Waals surface area contributed by atoms with E-state index in [2.05, 4.69) is 36.8 Å². The summed E-state index contributed by atoms with van der Waals surface area (Å²) in [6.45, 7) is 2.48. The first-order valence-corrected chi connectivity index (χ1v) is 13.7. The molecule has 208 valence electrons. The van der Waals surface area contributed by atoms with Crippen molar-refractivity contribution in [1.82, 2.24) is 15.5 Å². The lowest BCUT2D eigenvalue weighted by Crippen LogP contribution is -2.52. The molecule has 40 heavy (non-hydrogen) atoms. The average molecular weight is 609 g/mol. The minimum absolute atomic E-state index is 0.0534. The van der Waals surface area contributed by atoms with Gasteiger partial charge >= 0.3 is 12.0 Å². The molecule has 5 rings (SSSR count). The number of benzene rings is 3. The molecule has 0 unspecified atom stereocenters. The Kier molecular flexibility index (Phi) is 8.51. The molecule has 1 fully saturated rings. The number of carboxylic acid groups (broad SMARTS) is 1. The van der Waals surface area contributed by atoms with Crippen LogP contribution < -0.4 is 25.4 Å². The van der Waals surface area contributed by atoms with Crippen molar-refractivity contribution in [1.29, 1.82) is 0 Å². The number of halogens is 1. The smallest absolute Gasteiger partial charge is 0.335 e. The topological polar surface area (TPSA) is 129 Å². The van der Waals surface area contributed by atoms with E-state index in [0.717, 1.165) is 46.6 Å². The fraction of sp³-hybridized carbons (Fsp3) is 0.276. The Bertz CT molecular complexity index is 1380. The monoisotopic (exact) mass is 608 g/mol. The van der Waals surface area contributed by atoms with Gasteiger partial charge in [-0.05, 0) is 66.1 Å². The van der Waals surface area contributed by atoms with E-state index in [1.807, 2.05) is 42.5 Å². The standard InChI is InChI=1S/C29H29BrN4O6/c30-21-6-1-18(2-7-21)13-24(33-29(38)32-22-8-4-20(5-9-22)28(36)37)27(35)31-23-11-12-34(16-23)15-19-3-10-25-26(14-19)40-17-39-25/h1-10,14,23-24H,11-13,15-17H2,(H,31,35)(H,36,37)(H2,32,33,38)/t23-,24-/m0/s1. The molecule has 2 aliphatic heterocycles. The van der Waals surface area contributed by atoms with Gasteiger partial charge in [0.25, 0.3) is 0 Å². The maximum atomic E-state index is 13.4. The molecule has 2 atom stereocenters. The predicted octanol–water partition coefficient (Wildman–Crippen LogP) is 4.00. The highest BCUT2D eigenvalue weighted by molar-refractivity contribution is 9.10. The van der Waals surface area contributed by atoms with Crippen LogP contribution in [-0.4, -0.2) is 59.9 Å². The van der Waals surface area contributed by atoms with Crippen molar-refractivity contribution >= 4 is 39.5 Å². The van der Waals surface area contributed by atoms with E-state index in [1.54, 1.807) is 0 Å². The van der Waals surface area contributed by atoms with Crippen LogP contribution in [0.1, 0.15) is 27.9 Å². The molecule has 0 radical (unpaired) electrons. The minimum atomic E-state index is -1.05. The molecule has 3 aromatic rings. The molecule has 0 aliphatic carbocycles. The van der Waals surface area contributed by atoms with E-state index in [-0.39, 0.29) is 24.3 Å². The SMILES string of the molecule is O=C(Nc1ccc(C(=O)O)cc1)N[C@@H](Cc1ccc(Br)cc1)C(=O)N[C@H]1CCN(Cc2ccc3c(c2)OCO3)C1. The largest absolute Gasteiger partial charge is 0.478 e. The molecule has 2 aliphatic rings. The van der Waals surface area contributed by atoms with Crippen molar-refractivity contribution in [2.24, 2.45) is 0 Å². The summed E-state index contributed by atoms with van der Waals surface area (Å²) >= 11 is 3.42. The van der Waals surface area contributed by atoms with Gasteiger partial charge in [0.1, 0.15) is 6.04 Å². The Morgan fingerprint density at radius 1 is 0.975 bits per heavy atom. The van der Waals surface area contributed by atoms with Crippen LogP contribution >= 0.6 is 15.9 Å². The number of hydrogen-bond acceptors (Lipinski definition) is 6. The lowest BCUT2D eigenvalue weighted by atomic mass is 10.0. The number of likely N-dealkylation sites (tertiary alicyclic amines) is 1. The van der Waals surface area contributed by atoms with Gasteiger partial charge in [0.15, 0.2) is 11.5 Å². The van der Waals surface area contributed by atoms with Crippen LogP contribution in [0.5, 0.6) is 11.5 Å². The van der Waals surface area contributed by atoms with E-state index >= 15 is 0 Å². The van der Waals surface area contributed by atoms with Gasteiger partial charge in [-0.1, -0.05) is 34.1 Å². The Labute approximate surface area is 239 Å². The van der Waals surface area contributed by atoms with E-state index in [0.29, 0.717) is 18.7 Å². The Morgan fingerprint density at radius 2 is 1.70 bits per heavy atom. The van der Waals surface area contributed by atoms with Crippen molar-refractivity contribution in [3.63, 3.8) is 0 Å². The molecular weight excluding hydrogens is 580 g/mol. The lowest BCUT2D eigenvalue weighted by Gasteiger charge is -2.22. The van der Waals surface area contributed by atoms with Crippen molar-refractivity contribution in [2.45, 2.75) is 31.5 Å². The highest BCUT2D eigenvalue weighted by Crippen LogP contribution is 2.33. The number of nitrogens with zero attached hydrogens (tertiary/aromatic N) is 1. The highest BCUT2D eigenvalue weighted by Gasteiger charge is 2.28. The van der Waals surface area contributed by atoms with Crippen LogP contribution in [0.3, 0.4) is 0 Å². The van der Waals surface area contributed by atoms with Crippen molar-refractivity contribution in [3.05, 3.63) is 87.9 Å². The van der Waals surface area contributed by atoms with E-state index in [9.17, 15) is 14.4 Å². The summed E-state index contributed by atoms with van der Waals surface area (Å²) in [7, 11) is 0. The van der Waals surface area contributed by atoms with Gasteiger partial charge in [0, 0.05) is 42.3 Å². The third-order valence-electron chi connectivity index (χ3n) is 6.83. The highest BCUT2D eigenvalue weighted by atomic mass is 79.9. The Morgan fingerprint density at radius 3 is 2.45 bits per heavy atom. The predicted molar refractivity (Wildman–Crippen MR) is 152 cm³/mol. The van der Waals surface area contributed by atoms with Crippen molar-refractivity contribution in [2.75, 3.05) is 25.2 Å². The van der Waals surface area contributed by atoms with Crippen LogP contribution in [0.4, 0.5) is 10.5 Å². The van der Waals surface area contributed by atoms with E-state index in [1.165, 1.54) is 24.3 Å². The molecule has 2 heterocycles. The number of carbonyl (C=O) groups is 3. The minimum Gasteiger partial charge on any atom is -0.478 e. The van der Waals surface area contributed by atoms with Crippen LogP contribution in [-0.2, 0) is 17.8 Å². The first-order chi connectivity index (χ1) is 19.3. The maximum absolute atomic E-state index is 13.4. The number of aromatic carboxylic acids is 1. The summed E-state index contributed by atoms with van der Waals surface area (Å²) in [5.74, 6) is 0.179. The number of anilines is 1. The number of nitrogens with one attached hydrogen (secondary N) is 3. The molecule has 3 amide bonds. The second kappa shape index (κ2) is 12.4. The third kappa shape index (κ3) is 7.10. The lowest BCUT2D eigenvalue weighted by molar-refractivity contribution is -0.123. The Balaban J connectivity index is 1.20. The molecule has 10 nitrogen and oxygen atoms in total. The zero-order valence-electron chi connectivity index (χ0n) is 21.6. The summed E-state index contributed by atoms with van der Waals surface area (Å²) in [4.78, 5) is 39.6. The fourth-order valence-electron chi connectivity index (χ4n) is 4.78. The van der Waals surface area contributed by atoms with E-state index < -0.39 is 18.0 Å². The quantitative estimate of drug-likeness (QED) is 0.289. The second-order valence-electron chi connectivity index (χ2n) is 9.78. The zero-order valence-corrected chi connectivity index (χ0v) is 23.1. The number of fused-ring (bicyclic) bond motifs is 1. The van der Waals surface area contributed by atoms with Gasteiger partial charge < -0.3 is 30.5 Å². The van der Waals surface area contributed by atoms with Gasteiger partial charge in [-0.2, -0.15) is 0 Å². The molecule has 3 aromatic carbocycles. The van der Waals surface area contributed by atoms with Gasteiger partial charge in [-0.3, -0.25) is 9.69 Å². The summed E-state index contributed by atoms with van der Waals surface area (Å²) in [5, 5.41) is 17.7. The number of urea groups is 1. The number of rotatable bonds is 9. The van der Waals surface area contributed by atoms with Gasteiger partial charge in [-0.15, -0.1) is 0 Å². The molecule has 11 heteroatoms. The van der Waals surface area contributed by atoms with Crippen LogP contribution in [0.15, 0.2) is 71.2 Å². The molecule has 0 aromatic heterocycles. The third-order valence-corrected chi connectivity index (χ3v) is 7.36. The first-order valence-electron chi connectivity index (χ1n) is 12.9. The van der Waals surface area contributed by atoms with Gasteiger partial charge in [-0.25, -0.2) is 9.59 Å². The molecule has 0 bridgehead atoms. The second-order valence-corrected chi connectivity index (χ2v) is 10.7. The van der Waals surface area contributed by atoms with Crippen LogP contribution in [0, 0.1) is 0 Å². The van der Waals surface area contributed by atoms with Gasteiger partial charge in [0.2, 0.25) is 12.7 Å². The van der Waals surface area contributed by atoms with Crippen molar-refractivity contribution < 1.29 is 29.0 Å². The molecular formula is C29H29BrN4O6. The molecule has 4 N–H and O–H groups in total. The number of carboxylic acids is 1. The first kappa shape index (κ1) is 27.5. The number of ether oxygens (including phenoxy) is 2. The molecule has 1 saturated heterocycles. The summed E-state index contributed by atoms with van der Waals surface area (Å²) in [5.41, 5.74) is 2.53. The zero-order chi connectivity index (χ0) is 28.1. The van der Waals surface area contributed by atoms with Crippen molar-refractivity contribution in [3.8, 4) is 11.5 Å². The van der Waals surface area contributed by atoms with Crippen LogP contribution in [0.2, 0.25) is 0 Å². The summed E-state index contributed by atoms with van der Waals surface area (Å²) < 4.78 is 11.8. The fourth-order valence-corrected chi connectivity index (χ4v) is 5.04. The number of carbonyl (C=O) groups excluding carboxylic acids is 2. The number of hydrogen-bond donors (Lipinski definition) is 4. The summed E-state index contributed by atoms with van der Waals surface area (Å²) in [6, 6.07) is 17.9. The number of amides is 3. The normalized spacial score (nSPS) is 16.8. The average Bonchev–Trinajstić information content (AvgIpc) is 3.58. The maximum Gasteiger partial charge on any atom is 0.335 e. The summed E-state index contributed by atoms with van der Waals surface area (Å²) in [6.07, 6.45) is 1.10.